The van der Waals surface area contributed by atoms with Gasteiger partial charge in [-0.3, -0.25) is 4.79 Å². The number of hydrogen-bond acceptors (Lipinski definition) is 5. The van der Waals surface area contributed by atoms with Crippen LogP contribution in [-0.4, -0.2) is 28.6 Å². The second kappa shape index (κ2) is 6.77. The van der Waals surface area contributed by atoms with Crippen molar-refractivity contribution in [2.45, 2.75) is 19.4 Å². The SMILES string of the molecule is CCOC(=O)[C@@H](N)Cc1ccc(-c2cncnc2)cc1. The lowest BCUT2D eigenvalue weighted by Gasteiger charge is -2.10. The molecular weight excluding hydrogens is 254 g/mol. The van der Waals surface area contributed by atoms with E-state index in [4.69, 9.17) is 10.5 Å². The van der Waals surface area contributed by atoms with Crippen LogP contribution in [0, 0.1) is 0 Å². The van der Waals surface area contributed by atoms with Gasteiger partial charge < -0.3 is 10.5 Å². The summed E-state index contributed by atoms with van der Waals surface area (Å²) in [5, 5.41) is 0. The highest BCUT2D eigenvalue weighted by molar-refractivity contribution is 5.76. The molecule has 2 aromatic rings. The number of esters is 1. The average molecular weight is 271 g/mol. The Morgan fingerprint density at radius 3 is 2.45 bits per heavy atom. The Kier molecular flexibility index (Phi) is 4.79. The Hall–Kier alpha value is -2.27. The van der Waals surface area contributed by atoms with E-state index >= 15 is 0 Å². The van der Waals surface area contributed by atoms with Crippen LogP contribution in [0.5, 0.6) is 0 Å². The average Bonchev–Trinajstić information content (AvgIpc) is 2.49. The molecule has 2 rings (SSSR count). The molecule has 0 saturated carbocycles. The van der Waals surface area contributed by atoms with Crippen molar-refractivity contribution in [1.29, 1.82) is 0 Å². The molecule has 0 radical (unpaired) electrons. The highest BCUT2D eigenvalue weighted by atomic mass is 16.5. The first kappa shape index (κ1) is 14.1. The molecule has 0 aliphatic heterocycles. The highest BCUT2D eigenvalue weighted by Crippen LogP contribution is 2.18. The second-order valence-electron chi connectivity index (χ2n) is 4.39. The van der Waals surface area contributed by atoms with Crippen LogP contribution in [0.1, 0.15) is 12.5 Å². The van der Waals surface area contributed by atoms with Crippen LogP contribution in [0.3, 0.4) is 0 Å². The zero-order valence-corrected chi connectivity index (χ0v) is 11.3. The van der Waals surface area contributed by atoms with Gasteiger partial charge in [-0.2, -0.15) is 0 Å². The van der Waals surface area contributed by atoms with Gasteiger partial charge in [0, 0.05) is 18.0 Å². The van der Waals surface area contributed by atoms with Crippen LogP contribution < -0.4 is 5.73 Å². The number of carbonyl (C=O) groups excluding carboxylic acids is 1. The van der Waals surface area contributed by atoms with Crippen molar-refractivity contribution in [1.82, 2.24) is 9.97 Å². The van der Waals surface area contributed by atoms with E-state index in [0.29, 0.717) is 13.0 Å². The molecule has 0 spiro atoms. The zero-order chi connectivity index (χ0) is 14.4. The maximum absolute atomic E-state index is 11.5. The molecule has 0 bridgehead atoms. The minimum atomic E-state index is -0.624. The van der Waals surface area contributed by atoms with Gasteiger partial charge >= 0.3 is 5.97 Å². The van der Waals surface area contributed by atoms with Crippen molar-refractivity contribution in [2.24, 2.45) is 5.73 Å². The van der Waals surface area contributed by atoms with E-state index in [1.54, 1.807) is 19.3 Å². The fourth-order valence-corrected chi connectivity index (χ4v) is 1.87. The molecule has 0 unspecified atom stereocenters. The summed E-state index contributed by atoms with van der Waals surface area (Å²) >= 11 is 0. The molecule has 20 heavy (non-hydrogen) atoms. The largest absolute Gasteiger partial charge is 0.465 e. The number of hydrogen-bond donors (Lipinski definition) is 1. The molecule has 5 heteroatoms. The number of nitrogens with two attached hydrogens (primary N) is 1. The van der Waals surface area contributed by atoms with E-state index in [-0.39, 0.29) is 5.97 Å². The molecule has 0 amide bonds. The zero-order valence-electron chi connectivity index (χ0n) is 11.3. The third-order valence-corrected chi connectivity index (χ3v) is 2.89. The number of benzene rings is 1. The number of rotatable bonds is 5. The maximum atomic E-state index is 11.5. The Balaban J connectivity index is 2.04. The van der Waals surface area contributed by atoms with Crippen LogP contribution in [0.25, 0.3) is 11.1 Å². The van der Waals surface area contributed by atoms with Gasteiger partial charge in [-0.25, -0.2) is 9.97 Å². The summed E-state index contributed by atoms with van der Waals surface area (Å²) in [6, 6.07) is 7.20. The summed E-state index contributed by atoms with van der Waals surface area (Å²) in [5.41, 5.74) is 8.76. The first-order valence-corrected chi connectivity index (χ1v) is 6.47. The monoisotopic (exact) mass is 271 g/mol. The minimum absolute atomic E-state index is 0.347. The van der Waals surface area contributed by atoms with E-state index in [9.17, 15) is 4.79 Å². The van der Waals surface area contributed by atoms with Gasteiger partial charge in [0.05, 0.1) is 6.61 Å². The predicted molar refractivity (Wildman–Crippen MR) is 75.8 cm³/mol. The van der Waals surface area contributed by atoms with Crippen molar-refractivity contribution in [2.75, 3.05) is 6.61 Å². The number of nitrogens with zero attached hydrogens (tertiary/aromatic N) is 2. The van der Waals surface area contributed by atoms with E-state index in [2.05, 4.69) is 9.97 Å². The maximum Gasteiger partial charge on any atom is 0.323 e. The highest BCUT2D eigenvalue weighted by Gasteiger charge is 2.14. The van der Waals surface area contributed by atoms with Gasteiger partial charge in [0.2, 0.25) is 0 Å². The third kappa shape index (κ3) is 3.61. The van der Waals surface area contributed by atoms with Crippen LogP contribution in [0.15, 0.2) is 43.0 Å². The van der Waals surface area contributed by atoms with Crippen molar-refractivity contribution in [3.63, 3.8) is 0 Å². The van der Waals surface area contributed by atoms with Crippen LogP contribution in [0.2, 0.25) is 0 Å². The Bertz CT molecular complexity index is 555. The molecule has 2 N–H and O–H groups in total. The summed E-state index contributed by atoms with van der Waals surface area (Å²) in [6.07, 6.45) is 5.47. The Morgan fingerprint density at radius 1 is 1.20 bits per heavy atom. The van der Waals surface area contributed by atoms with Crippen molar-refractivity contribution < 1.29 is 9.53 Å². The number of carbonyl (C=O) groups is 1. The topological polar surface area (TPSA) is 78.1 Å². The van der Waals surface area contributed by atoms with Crippen LogP contribution >= 0.6 is 0 Å². The van der Waals surface area contributed by atoms with Crippen molar-refractivity contribution in [3.8, 4) is 11.1 Å². The number of aromatic nitrogens is 2. The first-order valence-electron chi connectivity index (χ1n) is 6.47. The fraction of sp³-hybridized carbons (Fsp3) is 0.267. The van der Waals surface area contributed by atoms with Crippen LogP contribution in [-0.2, 0) is 16.0 Å². The van der Waals surface area contributed by atoms with E-state index in [1.807, 2.05) is 24.3 Å². The molecule has 0 aliphatic carbocycles. The lowest BCUT2D eigenvalue weighted by Crippen LogP contribution is -2.34. The normalized spacial score (nSPS) is 11.9. The van der Waals surface area contributed by atoms with Gasteiger partial charge in [-0.05, 0) is 24.5 Å². The predicted octanol–water partition coefficient (Wildman–Crippen LogP) is 1.58. The lowest BCUT2D eigenvalue weighted by atomic mass is 10.0. The summed E-state index contributed by atoms with van der Waals surface area (Å²) in [4.78, 5) is 19.4. The Morgan fingerprint density at radius 2 is 1.85 bits per heavy atom. The standard InChI is InChI=1S/C15H17N3O2/c1-2-20-15(19)14(16)7-11-3-5-12(6-4-11)13-8-17-10-18-9-13/h3-6,8-10,14H,2,7,16H2,1H3/t14-/m0/s1. The van der Waals surface area contributed by atoms with Crippen molar-refractivity contribution in [3.05, 3.63) is 48.5 Å². The minimum Gasteiger partial charge on any atom is -0.465 e. The summed E-state index contributed by atoms with van der Waals surface area (Å²) in [5.74, 6) is -0.368. The van der Waals surface area contributed by atoms with E-state index in [0.717, 1.165) is 16.7 Å². The third-order valence-electron chi connectivity index (χ3n) is 2.89. The quantitative estimate of drug-likeness (QED) is 0.835. The molecule has 1 aromatic carbocycles. The molecule has 1 atom stereocenters. The molecule has 0 saturated heterocycles. The Labute approximate surface area is 117 Å². The smallest absolute Gasteiger partial charge is 0.323 e. The lowest BCUT2D eigenvalue weighted by molar-refractivity contribution is -0.144. The summed E-state index contributed by atoms with van der Waals surface area (Å²) in [7, 11) is 0. The molecule has 1 heterocycles. The van der Waals surface area contributed by atoms with Gasteiger partial charge in [0.1, 0.15) is 12.4 Å². The molecule has 1 aromatic heterocycles. The summed E-state index contributed by atoms with van der Waals surface area (Å²) in [6.45, 7) is 2.11. The molecular formula is C15H17N3O2. The second-order valence-corrected chi connectivity index (χ2v) is 4.39. The van der Waals surface area contributed by atoms with E-state index in [1.165, 1.54) is 6.33 Å². The molecule has 5 nitrogen and oxygen atoms in total. The molecule has 0 aliphatic rings. The molecule has 104 valence electrons. The summed E-state index contributed by atoms with van der Waals surface area (Å²) < 4.78 is 4.89. The number of ether oxygens (including phenoxy) is 1. The van der Waals surface area contributed by atoms with Gasteiger partial charge in [-0.1, -0.05) is 24.3 Å². The van der Waals surface area contributed by atoms with Crippen molar-refractivity contribution >= 4 is 5.97 Å². The molecule has 0 fully saturated rings. The van der Waals surface area contributed by atoms with E-state index < -0.39 is 6.04 Å². The van der Waals surface area contributed by atoms with Gasteiger partial charge in [0.25, 0.3) is 0 Å². The first-order chi connectivity index (χ1) is 9.70. The fourth-order valence-electron chi connectivity index (χ4n) is 1.87. The van der Waals surface area contributed by atoms with Gasteiger partial charge in [0.15, 0.2) is 0 Å². The van der Waals surface area contributed by atoms with Gasteiger partial charge in [-0.15, -0.1) is 0 Å². The van der Waals surface area contributed by atoms with Crippen LogP contribution in [0.4, 0.5) is 0 Å².